The first-order chi connectivity index (χ1) is 15.1. The van der Waals surface area contributed by atoms with E-state index in [0.717, 1.165) is 0 Å². The topological polar surface area (TPSA) is 126 Å². The molecule has 0 aromatic heterocycles. The Bertz CT molecular complexity index is 777. The van der Waals surface area contributed by atoms with Crippen LogP contribution in [0.1, 0.15) is 52.7 Å². The Balaban J connectivity index is -0.000000430. The van der Waals surface area contributed by atoms with Crippen molar-refractivity contribution in [2.45, 2.75) is 41.5 Å². The molecular formula is C26H32O6Ti. The number of Topliss-reactive ketones (excluding diaryl/α,β-unsaturated/α-hetero) is 2. The van der Waals surface area contributed by atoms with Gasteiger partial charge in [0.2, 0.25) is 0 Å². The quantitative estimate of drug-likeness (QED) is 0.364. The SMILES string of the molecule is CC(=O)C(=C(C)[O-])c1ccccc1.CC(=O)C(=C(C)[O-])c1ccccc1.CC[O-].CC[O-].[Ti+4]. The standard InChI is InChI=1S/2C11H12O2.2C2H5O.Ti/c2*1-8(12)11(9(2)13)10-6-4-3-5-7-10;2*1-2-3;/h2*3-7,12H,1-2H3;2*2H2,1H3;/q;;2*-1;+4/p-2. The van der Waals surface area contributed by atoms with Crippen LogP contribution in [0.4, 0.5) is 0 Å². The Hall–Kier alpha value is -2.51. The van der Waals surface area contributed by atoms with E-state index in [1.54, 1.807) is 62.4 Å². The second-order valence-corrected chi connectivity index (χ2v) is 6.28. The molecule has 0 saturated carbocycles. The van der Waals surface area contributed by atoms with Gasteiger partial charge in [0, 0.05) is 11.1 Å². The van der Waals surface area contributed by atoms with Gasteiger partial charge in [0.1, 0.15) is 0 Å². The Labute approximate surface area is 212 Å². The average Bonchev–Trinajstić information content (AvgIpc) is 2.70. The summed E-state index contributed by atoms with van der Waals surface area (Å²) in [6.45, 7) is 8.76. The van der Waals surface area contributed by atoms with Crippen LogP contribution in [0.2, 0.25) is 0 Å². The van der Waals surface area contributed by atoms with E-state index in [1.165, 1.54) is 27.7 Å². The molecule has 6 nitrogen and oxygen atoms in total. The molecule has 0 aliphatic heterocycles. The van der Waals surface area contributed by atoms with Crippen molar-refractivity contribution in [1.82, 2.24) is 0 Å². The number of carbonyl (C=O) groups excluding carboxylic acids is 2. The molecule has 176 valence electrons. The summed E-state index contributed by atoms with van der Waals surface area (Å²) in [6.07, 6.45) is 0. The van der Waals surface area contributed by atoms with Gasteiger partial charge in [0.25, 0.3) is 0 Å². The number of hydrogen-bond donors (Lipinski definition) is 0. The van der Waals surface area contributed by atoms with E-state index in [-0.39, 0.29) is 69.2 Å². The van der Waals surface area contributed by atoms with E-state index in [9.17, 15) is 19.8 Å². The predicted molar refractivity (Wildman–Crippen MR) is 121 cm³/mol. The molecule has 0 atom stereocenters. The summed E-state index contributed by atoms with van der Waals surface area (Å²) in [6, 6.07) is 18.0. The van der Waals surface area contributed by atoms with Crippen molar-refractivity contribution in [1.29, 1.82) is 0 Å². The van der Waals surface area contributed by atoms with Crippen LogP contribution >= 0.6 is 0 Å². The fraction of sp³-hybridized carbons (Fsp3) is 0.308. The monoisotopic (exact) mass is 488 g/mol. The van der Waals surface area contributed by atoms with Crippen molar-refractivity contribution in [3.63, 3.8) is 0 Å². The predicted octanol–water partition coefficient (Wildman–Crippen LogP) is 1.46. The Morgan fingerprint density at radius 1 is 0.606 bits per heavy atom. The molecule has 0 heterocycles. The van der Waals surface area contributed by atoms with Gasteiger partial charge < -0.3 is 20.4 Å². The zero-order chi connectivity index (χ0) is 25.1. The van der Waals surface area contributed by atoms with Crippen LogP contribution in [-0.4, -0.2) is 24.8 Å². The molecule has 2 rings (SSSR count). The van der Waals surface area contributed by atoms with Crippen molar-refractivity contribution in [3.05, 3.63) is 83.3 Å². The molecule has 7 heteroatoms. The number of rotatable bonds is 4. The molecule has 0 fully saturated rings. The van der Waals surface area contributed by atoms with Gasteiger partial charge >= 0.3 is 21.7 Å². The maximum atomic E-state index is 11.1. The minimum Gasteiger partial charge on any atom is -0.875 e. The Morgan fingerprint density at radius 3 is 0.970 bits per heavy atom. The Morgan fingerprint density at radius 2 is 0.818 bits per heavy atom. The molecule has 0 aliphatic rings. The van der Waals surface area contributed by atoms with E-state index < -0.39 is 0 Å². The summed E-state index contributed by atoms with van der Waals surface area (Å²) in [5.41, 5.74) is 1.95. The fourth-order valence-corrected chi connectivity index (χ4v) is 2.52. The molecule has 2 aromatic carbocycles. The molecule has 2 aromatic rings. The molecule has 0 N–H and O–H groups in total. The molecule has 0 bridgehead atoms. The summed E-state index contributed by atoms with van der Waals surface area (Å²) in [7, 11) is 0. The number of ketones is 2. The zero-order valence-electron chi connectivity index (χ0n) is 20.1. The molecule has 0 unspecified atom stereocenters. The third-order valence-corrected chi connectivity index (χ3v) is 3.53. The van der Waals surface area contributed by atoms with E-state index in [0.29, 0.717) is 11.1 Å². The van der Waals surface area contributed by atoms with Crippen LogP contribution in [0.25, 0.3) is 11.1 Å². The van der Waals surface area contributed by atoms with Crippen molar-refractivity contribution in [3.8, 4) is 0 Å². The maximum Gasteiger partial charge on any atom is 4.00 e. The third-order valence-electron chi connectivity index (χ3n) is 3.53. The van der Waals surface area contributed by atoms with Crippen LogP contribution in [0.15, 0.2) is 72.2 Å². The van der Waals surface area contributed by atoms with Gasteiger partial charge in [-0.3, -0.25) is 9.59 Å². The van der Waals surface area contributed by atoms with Crippen molar-refractivity contribution in [2.24, 2.45) is 0 Å². The van der Waals surface area contributed by atoms with Crippen LogP contribution in [0.3, 0.4) is 0 Å². The number of carbonyl (C=O) groups is 2. The molecule has 0 saturated heterocycles. The van der Waals surface area contributed by atoms with Crippen LogP contribution in [0, 0.1) is 0 Å². The first kappa shape index (κ1) is 35.1. The van der Waals surface area contributed by atoms with Gasteiger partial charge in [-0.1, -0.05) is 88.4 Å². The third kappa shape index (κ3) is 15.9. The van der Waals surface area contributed by atoms with E-state index in [1.807, 2.05) is 12.1 Å². The first-order valence-corrected chi connectivity index (χ1v) is 10.1. The molecular weight excluding hydrogens is 456 g/mol. The first-order valence-electron chi connectivity index (χ1n) is 10.1. The van der Waals surface area contributed by atoms with Crippen LogP contribution < -0.4 is 20.4 Å². The minimum atomic E-state index is -0.182. The van der Waals surface area contributed by atoms with E-state index in [4.69, 9.17) is 10.2 Å². The van der Waals surface area contributed by atoms with Gasteiger partial charge in [-0.25, -0.2) is 0 Å². The molecule has 0 aliphatic carbocycles. The second-order valence-electron chi connectivity index (χ2n) is 6.28. The maximum absolute atomic E-state index is 11.1. The minimum absolute atomic E-state index is 0. The molecule has 0 spiro atoms. The number of benzene rings is 2. The molecule has 0 radical (unpaired) electrons. The van der Waals surface area contributed by atoms with Gasteiger partial charge in [-0.2, -0.15) is 0 Å². The normalized spacial score (nSPS) is 10.7. The number of hydrogen-bond acceptors (Lipinski definition) is 6. The summed E-state index contributed by atoms with van der Waals surface area (Å²) in [5, 5.41) is 40.1. The van der Waals surface area contributed by atoms with Crippen molar-refractivity contribution < 1.29 is 51.7 Å². The van der Waals surface area contributed by atoms with E-state index >= 15 is 0 Å². The smallest absolute Gasteiger partial charge is 0.875 e. The van der Waals surface area contributed by atoms with Gasteiger partial charge in [-0.05, 0) is 25.0 Å². The van der Waals surface area contributed by atoms with Crippen LogP contribution in [0.5, 0.6) is 0 Å². The summed E-state index contributed by atoms with van der Waals surface area (Å²) >= 11 is 0. The summed E-state index contributed by atoms with van der Waals surface area (Å²) < 4.78 is 0. The fourth-order valence-electron chi connectivity index (χ4n) is 2.52. The molecule has 33 heavy (non-hydrogen) atoms. The largest absolute Gasteiger partial charge is 4.00 e. The van der Waals surface area contributed by atoms with Crippen LogP contribution in [-0.2, 0) is 31.3 Å². The summed E-state index contributed by atoms with van der Waals surface area (Å²) in [4.78, 5) is 22.3. The average molecular weight is 488 g/mol. The second kappa shape index (κ2) is 21.3. The summed E-state index contributed by atoms with van der Waals surface area (Å²) in [5.74, 6) is -0.727. The molecule has 0 amide bonds. The van der Waals surface area contributed by atoms with Crippen molar-refractivity contribution in [2.75, 3.05) is 13.2 Å². The Kier molecular flexibility index (Phi) is 22.7. The zero-order valence-corrected chi connectivity index (χ0v) is 21.7. The van der Waals surface area contributed by atoms with Gasteiger partial charge in [0.15, 0.2) is 11.6 Å². The van der Waals surface area contributed by atoms with Gasteiger partial charge in [0.05, 0.1) is 0 Å². The van der Waals surface area contributed by atoms with E-state index in [2.05, 4.69) is 0 Å². The van der Waals surface area contributed by atoms with Crippen molar-refractivity contribution >= 4 is 22.7 Å². The van der Waals surface area contributed by atoms with Gasteiger partial charge in [-0.15, -0.1) is 24.7 Å². The number of allylic oxidation sites excluding steroid dienone is 4.